The number of aromatic nitrogens is 2. The lowest BCUT2D eigenvalue weighted by Gasteiger charge is -2.21. The molecule has 0 atom stereocenters. The molecule has 2 aromatic heterocycles. The summed E-state index contributed by atoms with van der Waals surface area (Å²) in [6.45, 7) is 2.12. The lowest BCUT2D eigenvalue weighted by molar-refractivity contribution is 0.0945. The van der Waals surface area contributed by atoms with Gasteiger partial charge in [0.1, 0.15) is 6.26 Å². The van der Waals surface area contributed by atoms with E-state index in [1.54, 1.807) is 6.07 Å². The zero-order valence-corrected chi connectivity index (χ0v) is 21.6. The number of benzene rings is 3. The van der Waals surface area contributed by atoms with Gasteiger partial charge in [0, 0.05) is 36.7 Å². The van der Waals surface area contributed by atoms with E-state index in [2.05, 4.69) is 38.5 Å². The van der Waals surface area contributed by atoms with Gasteiger partial charge in [0.25, 0.3) is 5.91 Å². The molecule has 37 heavy (non-hydrogen) atoms. The predicted molar refractivity (Wildman–Crippen MR) is 147 cm³/mol. The van der Waals surface area contributed by atoms with Crippen molar-refractivity contribution in [2.45, 2.75) is 26.1 Å². The second kappa shape index (κ2) is 11.6. The smallest absolute Gasteiger partial charge is 0.273 e. The third-order valence-electron chi connectivity index (χ3n) is 6.24. The van der Waals surface area contributed by atoms with Crippen molar-refractivity contribution < 1.29 is 9.21 Å². The average Bonchev–Trinajstić information content (AvgIpc) is 3.56. The summed E-state index contributed by atoms with van der Waals surface area (Å²) in [5.41, 5.74) is 4.53. The summed E-state index contributed by atoms with van der Waals surface area (Å²) in [5.74, 6) is 0.184. The second-order valence-corrected chi connectivity index (χ2v) is 9.61. The number of nitrogens with zero attached hydrogens (tertiary/aromatic N) is 2. The van der Waals surface area contributed by atoms with Crippen LogP contribution in [0, 0.1) is 0 Å². The van der Waals surface area contributed by atoms with Gasteiger partial charge >= 0.3 is 0 Å². The SMILES string of the molecule is O=C(NCc1ccccc1)c1coc(CN(CCc2c[nH]c3ccccc23)Cc2cccc(Cl)c2Cl)n1. The number of para-hydroxylation sites is 1. The lowest BCUT2D eigenvalue weighted by Crippen LogP contribution is -2.26. The first-order valence-electron chi connectivity index (χ1n) is 12.0. The molecule has 5 aromatic rings. The molecule has 8 heteroatoms. The van der Waals surface area contributed by atoms with Crippen LogP contribution in [0.3, 0.4) is 0 Å². The highest BCUT2D eigenvalue weighted by atomic mass is 35.5. The largest absolute Gasteiger partial charge is 0.447 e. The van der Waals surface area contributed by atoms with Crippen molar-refractivity contribution in [2.24, 2.45) is 0 Å². The van der Waals surface area contributed by atoms with Gasteiger partial charge in [-0.15, -0.1) is 0 Å². The number of nitrogens with one attached hydrogen (secondary N) is 2. The van der Waals surface area contributed by atoms with Gasteiger partial charge in [-0.25, -0.2) is 4.98 Å². The van der Waals surface area contributed by atoms with Gasteiger partial charge in [0.2, 0.25) is 5.89 Å². The Morgan fingerprint density at radius 2 is 1.76 bits per heavy atom. The summed E-state index contributed by atoms with van der Waals surface area (Å²) >= 11 is 12.8. The fourth-order valence-electron chi connectivity index (χ4n) is 4.29. The van der Waals surface area contributed by atoms with Crippen molar-refractivity contribution in [3.05, 3.63) is 124 Å². The van der Waals surface area contributed by atoms with Gasteiger partial charge in [0.15, 0.2) is 5.69 Å². The third kappa shape index (κ3) is 6.23. The zero-order chi connectivity index (χ0) is 25.6. The highest BCUT2D eigenvalue weighted by molar-refractivity contribution is 6.42. The molecule has 0 fully saturated rings. The fourth-order valence-corrected chi connectivity index (χ4v) is 4.67. The first-order chi connectivity index (χ1) is 18.1. The maximum Gasteiger partial charge on any atom is 0.273 e. The maximum absolute atomic E-state index is 12.6. The Morgan fingerprint density at radius 3 is 2.62 bits per heavy atom. The van der Waals surface area contributed by atoms with E-state index in [1.807, 2.05) is 54.6 Å². The van der Waals surface area contributed by atoms with Crippen LogP contribution in [-0.4, -0.2) is 27.3 Å². The molecule has 5 rings (SSSR count). The van der Waals surface area contributed by atoms with E-state index in [0.29, 0.717) is 35.6 Å². The lowest BCUT2D eigenvalue weighted by atomic mass is 10.1. The Morgan fingerprint density at radius 1 is 0.946 bits per heavy atom. The van der Waals surface area contributed by atoms with Crippen molar-refractivity contribution in [1.82, 2.24) is 20.2 Å². The molecule has 0 aliphatic carbocycles. The maximum atomic E-state index is 12.6. The minimum Gasteiger partial charge on any atom is -0.447 e. The van der Waals surface area contributed by atoms with Gasteiger partial charge < -0.3 is 14.7 Å². The average molecular weight is 533 g/mol. The molecule has 0 aliphatic heterocycles. The summed E-state index contributed by atoms with van der Waals surface area (Å²) in [4.78, 5) is 22.6. The summed E-state index contributed by atoms with van der Waals surface area (Å²) in [6.07, 6.45) is 4.27. The number of halogens is 2. The quantitative estimate of drug-likeness (QED) is 0.211. The summed E-state index contributed by atoms with van der Waals surface area (Å²) in [6, 6.07) is 23.6. The van der Waals surface area contributed by atoms with Gasteiger partial charge in [0.05, 0.1) is 16.6 Å². The molecule has 188 valence electrons. The van der Waals surface area contributed by atoms with Gasteiger partial charge in [-0.05, 0) is 35.2 Å². The molecule has 0 saturated heterocycles. The first kappa shape index (κ1) is 25.1. The highest BCUT2D eigenvalue weighted by Crippen LogP contribution is 2.27. The number of fused-ring (bicyclic) bond motifs is 1. The van der Waals surface area contributed by atoms with E-state index in [-0.39, 0.29) is 11.6 Å². The summed E-state index contributed by atoms with van der Waals surface area (Å²) in [5, 5.41) is 5.15. The normalized spacial score (nSPS) is 11.3. The molecular formula is C29H26Cl2N4O2. The summed E-state index contributed by atoms with van der Waals surface area (Å²) in [7, 11) is 0. The number of carbonyl (C=O) groups is 1. The molecule has 0 radical (unpaired) electrons. The molecule has 0 saturated carbocycles. The Bertz CT molecular complexity index is 1500. The van der Waals surface area contributed by atoms with Gasteiger partial charge in [-0.3, -0.25) is 9.69 Å². The Hall–Kier alpha value is -3.58. The van der Waals surface area contributed by atoms with Crippen molar-refractivity contribution in [3.63, 3.8) is 0 Å². The monoisotopic (exact) mass is 532 g/mol. The van der Waals surface area contributed by atoms with Crippen LogP contribution in [0.15, 0.2) is 89.7 Å². The van der Waals surface area contributed by atoms with Crippen LogP contribution in [-0.2, 0) is 26.1 Å². The second-order valence-electron chi connectivity index (χ2n) is 8.83. The van der Waals surface area contributed by atoms with E-state index in [0.717, 1.165) is 29.6 Å². The van der Waals surface area contributed by atoms with Gasteiger partial charge in [-0.2, -0.15) is 0 Å². The standard InChI is InChI=1S/C29H26Cl2N4O2/c30-24-11-6-9-22(28(24)31)17-35(14-13-21-16-32-25-12-5-4-10-23(21)25)18-27-34-26(19-37-27)29(36)33-15-20-7-2-1-3-8-20/h1-12,16,19,32H,13-15,17-18H2,(H,33,36). The number of hydrogen-bond donors (Lipinski definition) is 2. The molecule has 0 aliphatic rings. The molecule has 0 bridgehead atoms. The van der Waals surface area contributed by atoms with Crippen LogP contribution in [0.5, 0.6) is 0 Å². The number of carbonyl (C=O) groups excluding carboxylic acids is 1. The molecule has 2 N–H and O–H groups in total. The van der Waals surface area contributed by atoms with Crippen molar-refractivity contribution in [1.29, 1.82) is 0 Å². The molecule has 6 nitrogen and oxygen atoms in total. The number of aromatic amines is 1. The van der Waals surface area contributed by atoms with Crippen LogP contribution in [0.2, 0.25) is 10.0 Å². The van der Waals surface area contributed by atoms with Crippen LogP contribution in [0.25, 0.3) is 10.9 Å². The molecule has 3 aromatic carbocycles. The number of H-pyrrole nitrogens is 1. The molecule has 2 heterocycles. The van der Waals surface area contributed by atoms with Crippen LogP contribution < -0.4 is 5.32 Å². The van der Waals surface area contributed by atoms with Crippen LogP contribution >= 0.6 is 23.2 Å². The molecule has 0 unspecified atom stereocenters. The topological polar surface area (TPSA) is 74.2 Å². The number of oxazole rings is 1. The first-order valence-corrected chi connectivity index (χ1v) is 12.8. The fraction of sp³-hybridized carbons (Fsp3) is 0.172. The van der Waals surface area contributed by atoms with Crippen LogP contribution in [0.4, 0.5) is 0 Å². The summed E-state index contributed by atoms with van der Waals surface area (Å²) < 4.78 is 5.69. The minimum absolute atomic E-state index is 0.253. The van der Waals surface area contributed by atoms with Crippen molar-refractivity contribution in [2.75, 3.05) is 6.54 Å². The van der Waals surface area contributed by atoms with Crippen molar-refractivity contribution in [3.8, 4) is 0 Å². The highest BCUT2D eigenvalue weighted by Gasteiger charge is 2.17. The predicted octanol–water partition coefficient (Wildman–Crippen LogP) is 6.64. The van der Waals surface area contributed by atoms with E-state index >= 15 is 0 Å². The van der Waals surface area contributed by atoms with E-state index < -0.39 is 0 Å². The Kier molecular flexibility index (Phi) is 7.90. The molecule has 1 amide bonds. The zero-order valence-electron chi connectivity index (χ0n) is 20.1. The van der Waals surface area contributed by atoms with E-state index in [9.17, 15) is 4.79 Å². The van der Waals surface area contributed by atoms with E-state index in [4.69, 9.17) is 27.6 Å². The van der Waals surface area contributed by atoms with E-state index in [1.165, 1.54) is 17.2 Å². The molecular weight excluding hydrogens is 507 g/mol. The van der Waals surface area contributed by atoms with Gasteiger partial charge in [-0.1, -0.05) is 83.9 Å². The number of rotatable bonds is 10. The van der Waals surface area contributed by atoms with Crippen LogP contribution in [0.1, 0.15) is 33.1 Å². The minimum atomic E-state index is -0.276. The molecule has 0 spiro atoms. The number of hydrogen-bond acceptors (Lipinski definition) is 4. The van der Waals surface area contributed by atoms with Crippen molar-refractivity contribution >= 4 is 40.0 Å². The Labute approximate surface area is 225 Å². The Balaban J connectivity index is 1.29. The third-order valence-corrected chi connectivity index (χ3v) is 7.10. The number of amides is 1.